The summed E-state index contributed by atoms with van der Waals surface area (Å²) in [5, 5.41) is 6.61. The summed E-state index contributed by atoms with van der Waals surface area (Å²) in [4.78, 5) is 0.339. The van der Waals surface area contributed by atoms with E-state index in [4.69, 9.17) is 11.6 Å². The third kappa shape index (κ3) is 3.03. The predicted octanol–water partition coefficient (Wildman–Crippen LogP) is 1.28. The molecular formula is C12H17ClN2O2S. The molecule has 18 heavy (non-hydrogen) atoms. The van der Waals surface area contributed by atoms with Crippen LogP contribution in [0.15, 0.2) is 29.2 Å². The van der Waals surface area contributed by atoms with E-state index >= 15 is 0 Å². The summed E-state index contributed by atoms with van der Waals surface area (Å²) < 4.78 is 22.7. The number of halogens is 1. The average Bonchev–Trinajstić information content (AvgIpc) is 2.32. The molecule has 1 heterocycles. The van der Waals surface area contributed by atoms with Crippen LogP contribution in [0.5, 0.6) is 0 Å². The molecule has 0 radical (unpaired) electrons. The Labute approximate surface area is 113 Å². The van der Waals surface area contributed by atoms with Gasteiger partial charge in [-0.2, -0.15) is 0 Å². The van der Waals surface area contributed by atoms with Gasteiger partial charge in [0.15, 0.2) is 9.84 Å². The van der Waals surface area contributed by atoms with Crippen molar-refractivity contribution in [1.82, 2.24) is 10.6 Å². The van der Waals surface area contributed by atoms with E-state index in [1.807, 2.05) is 19.1 Å². The monoisotopic (exact) mass is 288 g/mol. The molecular weight excluding hydrogens is 272 g/mol. The van der Waals surface area contributed by atoms with Crippen molar-refractivity contribution in [2.45, 2.75) is 29.4 Å². The first-order chi connectivity index (χ1) is 8.38. The lowest BCUT2D eigenvalue weighted by Gasteiger charge is -2.33. The lowest BCUT2D eigenvalue weighted by Crippen LogP contribution is -2.53. The molecule has 2 N–H and O–H groups in total. The summed E-state index contributed by atoms with van der Waals surface area (Å²) in [6, 6.07) is 7.25. The van der Waals surface area contributed by atoms with Gasteiger partial charge in [-0.05, 0) is 24.6 Å². The Kier molecular flexibility index (Phi) is 3.96. The minimum atomic E-state index is -3.13. The lowest BCUT2D eigenvalue weighted by atomic mass is 10.0. The van der Waals surface area contributed by atoms with Crippen molar-refractivity contribution >= 4 is 21.4 Å². The van der Waals surface area contributed by atoms with Gasteiger partial charge < -0.3 is 5.32 Å². The van der Waals surface area contributed by atoms with Crippen LogP contribution < -0.4 is 10.6 Å². The molecule has 1 aliphatic rings. The fourth-order valence-corrected chi connectivity index (χ4v) is 2.84. The quantitative estimate of drug-likeness (QED) is 0.636. The summed E-state index contributed by atoms with van der Waals surface area (Å²) in [6.07, 6.45) is 1.21. The molecule has 0 saturated carbocycles. The zero-order valence-corrected chi connectivity index (χ0v) is 11.9. The van der Waals surface area contributed by atoms with E-state index in [0.29, 0.717) is 4.90 Å². The SMILES string of the molecule is CC1NCC(c2ccc(S(C)(=O)=O)cc2)NC1Cl. The summed E-state index contributed by atoms with van der Waals surface area (Å²) >= 11 is 6.15. The molecule has 2 rings (SSSR count). The Morgan fingerprint density at radius 1 is 1.28 bits per heavy atom. The van der Waals surface area contributed by atoms with Crippen molar-refractivity contribution in [3.63, 3.8) is 0 Å². The van der Waals surface area contributed by atoms with Crippen molar-refractivity contribution in [3.05, 3.63) is 29.8 Å². The van der Waals surface area contributed by atoms with E-state index in [2.05, 4.69) is 10.6 Å². The fourth-order valence-electron chi connectivity index (χ4n) is 1.96. The number of alkyl halides is 1. The Bertz CT molecular complexity index is 515. The topological polar surface area (TPSA) is 58.2 Å². The molecule has 3 unspecified atom stereocenters. The van der Waals surface area contributed by atoms with Gasteiger partial charge in [0.25, 0.3) is 0 Å². The number of hydrogen-bond donors (Lipinski definition) is 2. The van der Waals surface area contributed by atoms with E-state index in [0.717, 1.165) is 12.1 Å². The molecule has 6 heteroatoms. The number of sulfone groups is 1. The van der Waals surface area contributed by atoms with Crippen LogP contribution >= 0.6 is 11.6 Å². The van der Waals surface area contributed by atoms with Crippen molar-refractivity contribution in [2.75, 3.05) is 12.8 Å². The second kappa shape index (κ2) is 5.17. The lowest BCUT2D eigenvalue weighted by molar-refractivity contribution is 0.340. The van der Waals surface area contributed by atoms with Gasteiger partial charge in [0.2, 0.25) is 0 Å². The molecule has 3 atom stereocenters. The molecule has 1 aromatic rings. The van der Waals surface area contributed by atoms with Crippen molar-refractivity contribution < 1.29 is 8.42 Å². The van der Waals surface area contributed by atoms with E-state index in [-0.39, 0.29) is 17.6 Å². The summed E-state index contributed by atoms with van der Waals surface area (Å²) in [6.45, 7) is 2.80. The minimum absolute atomic E-state index is 0.109. The number of rotatable bonds is 2. The van der Waals surface area contributed by atoms with Crippen LogP contribution in [-0.2, 0) is 9.84 Å². The number of benzene rings is 1. The molecule has 1 saturated heterocycles. The Morgan fingerprint density at radius 2 is 1.89 bits per heavy atom. The van der Waals surface area contributed by atoms with Gasteiger partial charge in [-0.3, -0.25) is 5.32 Å². The van der Waals surface area contributed by atoms with Gasteiger partial charge in [0, 0.05) is 24.9 Å². The van der Waals surface area contributed by atoms with Crippen LogP contribution in [0.4, 0.5) is 0 Å². The summed E-state index contributed by atoms with van der Waals surface area (Å²) in [7, 11) is -3.13. The largest absolute Gasteiger partial charge is 0.310 e. The van der Waals surface area contributed by atoms with Gasteiger partial charge in [0.1, 0.15) is 0 Å². The Balaban J connectivity index is 2.16. The Morgan fingerprint density at radius 3 is 2.39 bits per heavy atom. The van der Waals surface area contributed by atoms with Crippen LogP contribution in [-0.4, -0.2) is 32.8 Å². The molecule has 0 spiro atoms. The third-order valence-corrected chi connectivity index (χ3v) is 4.79. The highest BCUT2D eigenvalue weighted by Crippen LogP contribution is 2.20. The first-order valence-corrected chi connectivity index (χ1v) is 8.14. The second-order valence-electron chi connectivity index (χ2n) is 4.66. The molecule has 0 aliphatic carbocycles. The average molecular weight is 289 g/mol. The summed E-state index contributed by atoms with van der Waals surface area (Å²) in [5.74, 6) is 0. The molecule has 0 amide bonds. The van der Waals surface area contributed by atoms with E-state index < -0.39 is 9.84 Å². The smallest absolute Gasteiger partial charge is 0.175 e. The zero-order valence-electron chi connectivity index (χ0n) is 10.4. The number of piperazine rings is 1. The van der Waals surface area contributed by atoms with E-state index in [1.165, 1.54) is 6.26 Å². The van der Waals surface area contributed by atoms with Crippen LogP contribution in [0.3, 0.4) is 0 Å². The molecule has 100 valence electrons. The van der Waals surface area contributed by atoms with Crippen LogP contribution in [0.2, 0.25) is 0 Å². The normalized spacial score (nSPS) is 29.2. The van der Waals surface area contributed by atoms with Crippen molar-refractivity contribution in [3.8, 4) is 0 Å². The highest BCUT2D eigenvalue weighted by atomic mass is 35.5. The van der Waals surface area contributed by atoms with Gasteiger partial charge in [-0.25, -0.2) is 8.42 Å². The maximum absolute atomic E-state index is 11.4. The van der Waals surface area contributed by atoms with E-state index in [9.17, 15) is 8.42 Å². The first kappa shape index (κ1) is 13.8. The highest BCUT2D eigenvalue weighted by molar-refractivity contribution is 7.90. The van der Waals surface area contributed by atoms with E-state index in [1.54, 1.807) is 12.1 Å². The van der Waals surface area contributed by atoms with Gasteiger partial charge >= 0.3 is 0 Å². The van der Waals surface area contributed by atoms with Gasteiger partial charge in [-0.15, -0.1) is 11.6 Å². The molecule has 1 aliphatic heterocycles. The summed E-state index contributed by atoms with van der Waals surface area (Å²) in [5.41, 5.74) is 0.908. The van der Waals surface area contributed by atoms with Gasteiger partial charge in [-0.1, -0.05) is 12.1 Å². The minimum Gasteiger partial charge on any atom is -0.310 e. The van der Waals surface area contributed by atoms with Crippen LogP contribution in [0.1, 0.15) is 18.5 Å². The molecule has 1 aromatic carbocycles. The fraction of sp³-hybridized carbons (Fsp3) is 0.500. The first-order valence-electron chi connectivity index (χ1n) is 5.81. The molecule has 4 nitrogen and oxygen atoms in total. The zero-order chi connectivity index (χ0) is 13.3. The third-order valence-electron chi connectivity index (χ3n) is 3.15. The van der Waals surface area contributed by atoms with Crippen LogP contribution in [0.25, 0.3) is 0 Å². The van der Waals surface area contributed by atoms with Gasteiger partial charge in [0.05, 0.1) is 10.4 Å². The maximum atomic E-state index is 11.4. The van der Waals surface area contributed by atoms with Crippen molar-refractivity contribution in [2.24, 2.45) is 0 Å². The van der Waals surface area contributed by atoms with Crippen molar-refractivity contribution in [1.29, 1.82) is 0 Å². The van der Waals surface area contributed by atoms with Crippen LogP contribution in [0, 0.1) is 0 Å². The highest BCUT2D eigenvalue weighted by Gasteiger charge is 2.25. The Hall–Kier alpha value is -0.620. The molecule has 1 fully saturated rings. The molecule has 0 aromatic heterocycles. The number of hydrogen-bond acceptors (Lipinski definition) is 4. The predicted molar refractivity (Wildman–Crippen MR) is 72.5 cm³/mol. The maximum Gasteiger partial charge on any atom is 0.175 e. The number of nitrogens with one attached hydrogen (secondary N) is 2. The standard InChI is InChI=1S/C12H17ClN2O2S/c1-8-12(13)15-11(7-14-8)9-3-5-10(6-4-9)18(2,16)17/h3-6,8,11-12,14-15H,7H2,1-2H3. The molecule has 0 bridgehead atoms. The second-order valence-corrected chi connectivity index (χ2v) is 7.15.